The predicted molar refractivity (Wildman–Crippen MR) is 83.9 cm³/mol. The number of carbonyl (C=O) groups excluding carboxylic acids is 1. The molecule has 5 heteroatoms. The zero-order valence-electron chi connectivity index (χ0n) is 12.8. The molecule has 0 spiro atoms. The van der Waals surface area contributed by atoms with Crippen LogP contribution in [-0.2, 0) is 0 Å². The third-order valence-corrected chi connectivity index (χ3v) is 4.62. The van der Waals surface area contributed by atoms with Crippen LogP contribution >= 0.6 is 11.8 Å². The van der Waals surface area contributed by atoms with E-state index in [9.17, 15) is 4.79 Å². The van der Waals surface area contributed by atoms with Crippen LogP contribution in [0.15, 0.2) is 0 Å². The van der Waals surface area contributed by atoms with Crippen molar-refractivity contribution in [2.75, 3.05) is 38.7 Å². The van der Waals surface area contributed by atoms with E-state index in [4.69, 9.17) is 0 Å². The number of nitrogens with one attached hydrogen (secondary N) is 1. The van der Waals surface area contributed by atoms with Crippen LogP contribution in [0.1, 0.15) is 33.1 Å². The van der Waals surface area contributed by atoms with Crippen LogP contribution in [0.3, 0.4) is 0 Å². The minimum Gasteiger partial charge on any atom is -0.336 e. The lowest BCUT2D eigenvalue weighted by Gasteiger charge is -2.36. The van der Waals surface area contributed by atoms with Crippen LogP contribution in [0.5, 0.6) is 0 Å². The minimum absolute atomic E-state index is 0.112. The monoisotopic (exact) mass is 287 g/mol. The quantitative estimate of drug-likeness (QED) is 0.761. The van der Waals surface area contributed by atoms with Gasteiger partial charge in [-0.05, 0) is 51.8 Å². The Morgan fingerprint density at radius 3 is 2.89 bits per heavy atom. The third kappa shape index (κ3) is 6.04. The number of hydrogen-bond donors (Lipinski definition) is 1. The summed E-state index contributed by atoms with van der Waals surface area (Å²) in [6, 6.07) is 0.886. The lowest BCUT2D eigenvalue weighted by Crippen LogP contribution is -2.52. The van der Waals surface area contributed by atoms with E-state index < -0.39 is 0 Å². The van der Waals surface area contributed by atoms with Gasteiger partial charge in [-0.15, -0.1) is 0 Å². The highest BCUT2D eigenvalue weighted by Crippen LogP contribution is 2.14. The number of amides is 2. The van der Waals surface area contributed by atoms with E-state index in [1.165, 1.54) is 6.42 Å². The van der Waals surface area contributed by atoms with Gasteiger partial charge in [0, 0.05) is 25.2 Å². The number of carbonyl (C=O) groups is 1. The predicted octanol–water partition coefficient (Wildman–Crippen LogP) is 2.25. The fourth-order valence-electron chi connectivity index (χ4n) is 2.34. The van der Waals surface area contributed by atoms with E-state index in [-0.39, 0.29) is 12.1 Å². The number of rotatable bonds is 6. The Labute approximate surface area is 122 Å². The molecule has 19 heavy (non-hydrogen) atoms. The number of nitrogens with zero attached hydrogens (tertiary/aromatic N) is 2. The molecular weight excluding hydrogens is 258 g/mol. The second-order valence-electron chi connectivity index (χ2n) is 5.54. The molecule has 0 bridgehead atoms. The molecule has 2 atom stereocenters. The molecule has 1 N–H and O–H groups in total. The SMILES string of the molecule is CCSCC[C@H](C)NC(=O)N1CCC[C@H](N(C)C)C1. The number of piperidine rings is 1. The molecule has 0 saturated carbocycles. The second-order valence-corrected chi connectivity index (χ2v) is 6.94. The average molecular weight is 287 g/mol. The van der Waals surface area contributed by atoms with Crippen molar-refractivity contribution in [3.63, 3.8) is 0 Å². The van der Waals surface area contributed by atoms with Crippen molar-refractivity contribution in [2.24, 2.45) is 0 Å². The molecular formula is C14H29N3OS. The fourth-order valence-corrected chi connectivity index (χ4v) is 3.15. The molecule has 0 aliphatic carbocycles. The molecule has 1 heterocycles. The first-order valence-electron chi connectivity index (χ1n) is 7.34. The highest BCUT2D eigenvalue weighted by Gasteiger charge is 2.25. The van der Waals surface area contributed by atoms with E-state index >= 15 is 0 Å². The van der Waals surface area contributed by atoms with Crippen LogP contribution in [0.25, 0.3) is 0 Å². The molecule has 0 aromatic carbocycles. The van der Waals surface area contributed by atoms with Crippen LogP contribution in [-0.4, -0.2) is 66.6 Å². The number of thioether (sulfide) groups is 1. The fraction of sp³-hybridized carbons (Fsp3) is 0.929. The van der Waals surface area contributed by atoms with Crippen molar-refractivity contribution in [1.29, 1.82) is 0 Å². The molecule has 0 aromatic rings. The smallest absolute Gasteiger partial charge is 0.317 e. The van der Waals surface area contributed by atoms with Crippen LogP contribution < -0.4 is 5.32 Å². The summed E-state index contributed by atoms with van der Waals surface area (Å²) in [4.78, 5) is 16.4. The summed E-state index contributed by atoms with van der Waals surface area (Å²) in [5, 5.41) is 3.12. The minimum atomic E-state index is 0.112. The van der Waals surface area contributed by atoms with Gasteiger partial charge in [0.2, 0.25) is 0 Å². The molecule has 1 rings (SSSR count). The molecule has 0 radical (unpaired) electrons. The summed E-state index contributed by atoms with van der Waals surface area (Å²) in [6.45, 7) is 6.02. The third-order valence-electron chi connectivity index (χ3n) is 3.68. The Balaban J connectivity index is 2.31. The van der Waals surface area contributed by atoms with Crippen LogP contribution in [0.2, 0.25) is 0 Å². The average Bonchev–Trinajstić information content (AvgIpc) is 2.39. The van der Waals surface area contributed by atoms with Gasteiger partial charge in [0.25, 0.3) is 0 Å². The van der Waals surface area contributed by atoms with E-state index in [0.717, 1.165) is 37.4 Å². The maximum atomic E-state index is 12.2. The van der Waals surface area contributed by atoms with Crippen molar-refractivity contribution < 1.29 is 4.79 Å². The van der Waals surface area contributed by atoms with Crippen molar-refractivity contribution in [2.45, 2.75) is 45.2 Å². The maximum Gasteiger partial charge on any atom is 0.317 e. The number of urea groups is 1. The van der Waals surface area contributed by atoms with Gasteiger partial charge in [-0.2, -0.15) is 11.8 Å². The first kappa shape index (κ1) is 16.6. The molecule has 0 aromatic heterocycles. The largest absolute Gasteiger partial charge is 0.336 e. The van der Waals surface area contributed by atoms with Crippen molar-refractivity contribution >= 4 is 17.8 Å². The van der Waals surface area contributed by atoms with E-state index in [1.54, 1.807) is 0 Å². The van der Waals surface area contributed by atoms with Crippen LogP contribution in [0.4, 0.5) is 4.79 Å². The summed E-state index contributed by atoms with van der Waals surface area (Å²) in [5.41, 5.74) is 0. The Morgan fingerprint density at radius 1 is 1.53 bits per heavy atom. The highest BCUT2D eigenvalue weighted by molar-refractivity contribution is 7.99. The second kappa shape index (κ2) is 8.69. The Kier molecular flexibility index (Phi) is 7.61. The summed E-state index contributed by atoms with van der Waals surface area (Å²) in [6.07, 6.45) is 3.35. The standard InChI is InChI=1S/C14H29N3OS/c1-5-19-10-8-12(2)15-14(18)17-9-6-7-13(11-17)16(3)4/h12-13H,5-11H2,1-4H3,(H,15,18)/t12-,13-/m0/s1. The summed E-state index contributed by atoms with van der Waals surface area (Å²) in [5.74, 6) is 2.27. The summed E-state index contributed by atoms with van der Waals surface area (Å²) >= 11 is 1.93. The maximum absolute atomic E-state index is 12.2. The van der Waals surface area contributed by atoms with E-state index in [2.05, 4.69) is 38.2 Å². The van der Waals surface area contributed by atoms with Gasteiger partial charge in [0.1, 0.15) is 0 Å². The van der Waals surface area contributed by atoms with E-state index in [0.29, 0.717) is 6.04 Å². The lowest BCUT2D eigenvalue weighted by atomic mass is 10.1. The van der Waals surface area contributed by atoms with Crippen molar-refractivity contribution in [1.82, 2.24) is 15.1 Å². The Hall–Kier alpha value is -0.420. The van der Waals surface area contributed by atoms with Gasteiger partial charge in [0.15, 0.2) is 0 Å². The van der Waals surface area contributed by atoms with Gasteiger partial charge in [0.05, 0.1) is 0 Å². The molecule has 112 valence electrons. The molecule has 1 saturated heterocycles. The Bertz CT molecular complexity index is 273. The summed E-state index contributed by atoms with van der Waals surface area (Å²) < 4.78 is 0. The first-order valence-corrected chi connectivity index (χ1v) is 8.49. The van der Waals surface area contributed by atoms with Gasteiger partial charge in [-0.1, -0.05) is 6.92 Å². The molecule has 4 nitrogen and oxygen atoms in total. The molecule has 1 fully saturated rings. The normalized spacial score (nSPS) is 21.5. The van der Waals surface area contributed by atoms with Gasteiger partial charge >= 0.3 is 6.03 Å². The number of hydrogen-bond acceptors (Lipinski definition) is 3. The topological polar surface area (TPSA) is 35.6 Å². The molecule has 1 aliphatic heterocycles. The zero-order chi connectivity index (χ0) is 14.3. The first-order chi connectivity index (χ1) is 9.04. The van der Waals surface area contributed by atoms with Crippen molar-refractivity contribution in [3.05, 3.63) is 0 Å². The van der Waals surface area contributed by atoms with E-state index in [1.807, 2.05) is 16.7 Å². The molecule has 0 unspecified atom stereocenters. The lowest BCUT2D eigenvalue weighted by molar-refractivity contribution is 0.138. The molecule has 2 amide bonds. The van der Waals surface area contributed by atoms with Crippen LogP contribution in [0, 0.1) is 0 Å². The van der Waals surface area contributed by atoms with Gasteiger partial charge < -0.3 is 15.1 Å². The Morgan fingerprint density at radius 2 is 2.26 bits per heavy atom. The van der Waals surface area contributed by atoms with Gasteiger partial charge in [-0.25, -0.2) is 4.79 Å². The number of likely N-dealkylation sites (N-methyl/N-ethyl adjacent to an activating group) is 1. The zero-order valence-corrected chi connectivity index (χ0v) is 13.6. The van der Waals surface area contributed by atoms with Crippen molar-refractivity contribution in [3.8, 4) is 0 Å². The highest BCUT2D eigenvalue weighted by atomic mass is 32.2. The molecule has 1 aliphatic rings. The number of likely N-dealkylation sites (tertiary alicyclic amines) is 1. The van der Waals surface area contributed by atoms with Gasteiger partial charge in [-0.3, -0.25) is 0 Å². The summed E-state index contributed by atoms with van der Waals surface area (Å²) in [7, 11) is 4.19.